The summed E-state index contributed by atoms with van der Waals surface area (Å²) in [4.78, 5) is 13.4. The van der Waals surface area contributed by atoms with E-state index >= 15 is 0 Å². The first-order valence-corrected chi connectivity index (χ1v) is 6.38. The van der Waals surface area contributed by atoms with Crippen molar-refractivity contribution < 1.29 is 0 Å². The van der Waals surface area contributed by atoms with Gasteiger partial charge in [-0.15, -0.1) is 0 Å². The van der Waals surface area contributed by atoms with Crippen LogP contribution < -0.4 is 5.32 Å². The third-order valence-electron chi connectivity index (χ3n) is 3.36. The Bertz CT molecular complexity index is 553. The molecule has 4 heteroatoms. The summed E-state index contributed by atoms with van der Waals surface area (Å²) in [6.45, 7) is 2.92. The molecule has 18 heavy (non-hydrogen) atoms. The molecule has 0 spiro atoms. The smallest absolute Gasteiger partial charge is 0.148 e. The number of nitrogens with one attached hydrogen (secondary N) is 1. The van der Waals surface area contributed by atoms with Crippen LogP contribution in [0.15, 0.2) is 30.7 Å². The van der Waals surface area contributed by atoms with Crippen molar-refractivity contribution in [1.82, 2.24) is 15.0 Å². The molecule has 1 unspecified atom stereocenters. The van der Waals surface area contributed by atoms with E-state index < -0.39 is 0 Å². The first kappa shape index (κ1) is 11.1. The van der Waals surface area contributed by atoms with Crippen LogP contribution in [0.2, 0.25) is 0 Å². The number of rotatable bonds is 3. The molecule has 0 saturated heterocycles. The van der Waals surface area contributed by atoms with Crippen LogP contribution >= 0.6 is 0 Å². The second kappa shape index (κ2) is 4.72. The van der Waals surface area contributed by atoms with E-state index in [1.807, 2.05) is 12.3 Å². The minimum atomic E-state index is 0.281. The van der Waals surface area contributed by atoms with Crippen LogP contribution in [0.1, 0.15) is 36.2 Å². The van der Waals surface area contributed by atoms with E-state index in [-0.39, 0.29) is 5.92 Å². The first-order valence-electron chi connectivity index (χ1n) is 6.38. The largest absolute Gasteiger partial charge is 0.369 e. The topological polar surface area (TPSA) is 50.7 Å². The Morgan fingerprint density at radius 3 is 2.89 bits per heavy atom. The van der Waals surface area contributed by atoms with E-state index in [9.17, 15) is 0 Å². The molecule has 0 radical (unpaired) electrons. The summed E-state index contributed by atoms with van der Waals surface area (Å²) in [6.07, 6.45) is 7.51. The van der Waals surface area contributed by atoms with E-state index in [2.05, 4.69) is 33.3 Å². The number of hydrogen-bond donors (Lipinski definition) is 1. The van der Waals surface area contributed by atoms with Gasteiger partial charge in [0, 0.05) is 31.1 Å². The monoisotopic (exact) mass is 240 g/mol. The van der Waals surface area contributed by atoms with Gasteiger partial charge in [0.25, 0.3) is 0 Å². The van der Waals surface area contributed by atoms with Crippen molar-refractivity contribution >= 4 is 5.82 Å². The van der Waals surface area contributed by atoms with Gasteiger partial charge < -0.3 is 5.32 Å². The average Bonchev–Trinajstić information content (AvgIpc) is 2.84. The molecule has 0 aromatic carbocycles. The van der Waals surface area contributed by atoms with E-state index in [0.29, 0.717) is 0 Å². The highest BCUT2D eigenvalue weighted by atomic mass is 15.0. The third kappa shape index (κ3) is 1.83. The molecule has 4 nitrogen and oxygen atoms in total. The Morgan fingerprint density at radius 2 is 2.00 bits per heavy atom. The standard InChI is InChI=1S/C14H16N4/c1-2-15-14-13(17-8-9-18-14)11-6-5-10-4-3-7-16-12(10)11/h3-4,7-9,11H,2,5-6H2,1H3,(H,15,18). The van der Waals surface area contributed by atoms with Gasteiger partial charge in [0.1, 0.15) is 5.82 Å². The summed E-state index contributed by atoms with van der Waals surface area (Å²) in [7, 11) is 0. The molecule has 0 saturated carbocycles. The molecule has 1 aliphatic carbocycles. The second-order valence-corrected chi connectivity index (χ2v) is 4.46. The lowest BCUT2D eigenvalue weighted by atomic mass is 10.0. The minimum absolute atomic E-state index is 0.281. The van der Waals surface area contributed by atoms with Crippen molar-refractivity contribution in [3.05, 3.63) is 47.7 Å². The highest BCUT2D eigenvalue weighted by Gasteiger charge is 2.28. The lowest BCUT2D eigenvalue weighted by Gasteiger charge is -2.14. The quantitative estimate of drug-likeness (QED) is 0.895. The summed E-state index contributed by atoms with van der Waals surface area (Å²) in [5.74, 6) is 1.17. The molecule has 1 aliphatic rings. The zero-order valence-corrected chi connectivity index (χ0v) is 10.4. The molecule has 0 bridgehead atoms. The molecule has 0 fully saturated rings. The number of aromatic nitrogens is 3. The lowest BCUT2D eigenvalue weighted by molar-refractivity contribution is 0.741. The molecule has 2 aromatic rings. The van der Waals surface area contributed by atoms with Gasteiger partial charge >= 0.3 is 0 Å². The van der Waals surface area contributed by atoms with Gasteiger partial charge in [0.05, 0.1) is 11.4 Å². The number of pyridine rings is 1. The zero-order chi connectivity index (χ0) is 12.4. The van der Waals surface area contributed by atoms with Crippen LogP contribution in [0.25, 0.3) is 0 Å². The maximum atomic E-state index is 4.52. The lowest BCUT2D eigenvalue weighted by Crippen LogP contribution is -2.09. The average molecular weight is 240 g/mol. The number of hydrogen-bond acceptors (Lipinski definition) is 4. The normalized spacial score (nSPS) is 17.5. The van der Waals surface area contributed by atoms with Crippen molar-refractivity contribution in [2.75, 3.05) is 11.9 Å². The SMILES string of the molecule is CCNc1nccnc1C1CCc2cccnc21. The Kier molecular flexibility index (Phi) is 2.92. The Morgan fingerprint density at radius 1 is 1.17 bits per heavy atom. The van der Waals surface area contributed by atoms with Crippen molar-refractivity contribution in [2.45, 2.75) is 25.7 Å². The van der Waals surface area contributed by atoms with E-state index in [1.165, 1.54) is 5.56 Å². The summed E-state index contributed by atoms with van der Waals surface area (Å²) in [5.41, 5.74) is 3.53. The van der Waals surface area contributed by atoms with Crippen molar-refractivity contribution in [3.8, 4) is 0 Å². The first-order chi connectivity index (χ1) is 8.90. The number of anilines is 1. The molecule has 0 amide bonds. The minimum Gasteiger partial charge on any atom is -0.369 e. The maximum absolute atomic E-state index is 4.52. The number of aryl methyl sites for hydroxylation is 1. The number of nitrogens with zero attached hydrogens (tertiary/aromatic N) is 3. The van der Waals surface area contributed by atoms with Gasteiger partial charge in [-0.3, -0.25) is 9.97 Å². The maximum Gasteiger partial charge on any atom is 0.148 e. The molecule has 1 N–H and O–H groups in total. The van der Waals surface area contributed by atoms with Gasteiger partial charge in [-0.05, 0) is 31.4 Å². The van der Waals surface area contributed by atoms with Crippen LogP contribution in [-0.4, -0.2) is 21.5 Å². The molecule has 0 aliphatic heterocycles. The summed E-state index contributed by atoms with van der Waals surface area (Å²) in [6, 6.07) is 4.16. The van der Waals surface area contributed by atoms with Crippen LogP contribution in [0.4, 0.5) is 5.82 Å². The van der Waals surface area contributed by atoms with E-state index in [1.54, 1.807) is 12.4 Å². The van der Waals surface area contributed by atoms with Gasteiger partial charge in [0.15, 0.2) is 0 Å². The summed E-state index contributed by atoms with van der Waals surface area (Å²) in [5, 5.41) is 3.28. The van der Waals surface area contributed by atoms with Gasteiger partial charge in [-0.2, -0.15) is 0 Å². The predicted octanol–water partition coefficient (Wildman–Crippen LogP) is 2.38. The zero-order valence-electron chi connectivity index (χ0n) is 10.4. The van der Waals surface area contributed by atoms with Gasteiger partial charge in [0.2, 0.25) is 0 Å². The van der Waals surface area contributed by atoms with Gasteiger partial charge in [-0.1, -0.05) is 6.07 Å². The predicted molar refractivity (Wildman–Crippen MR) is 70.6 cm³/mol. The third-order valence-corrected chi connectivity index (χ3v) is 3.36. The fraction of sp³-hybridized carbons (Fsp3) is 0.357. The molecule has 2 heterocycles. The fourth-order valence-electron chi connectivity index (χ4n) is 2.59. The van der Waals surface area contributed by atoms with E-state index in [0.717, 1.165) is 36.6 Å². The molecule has 2 aromatic heterocycles. The Hall–Kier alpha value is -1.97. The van der Waals surface area contributed by atoms with Crippen molar-refractivity contribution in [2.24, 2.45) is 0 Å². The van der Waals surface area contributed by atoms with Crippen molar-refractivity contribution in [1.29, 1.82) is 0 Å². The highest BCUT2D eigenvalue weighted by Crippen LogP contribution is 2.37. The van der Waals surface area contributed by atoms with Crippen LogP contribution in [-0.2, 0) is 6.42 Å². The molecule has 1 atom stereocenters. The van der Waals surface area contributed by atoms with E-state index in [4.69, 9.17) is 0 Å². The fourth-order valence-corrected chi connectivity index (χ4v) is 2.59. The number of fused-ring (bicyclic) bond motifs is 1. The summed E-state index contributed by atoms with van der Waals surface area (Å²) < 4.78 is 0. The molecule has 92 valence electrons. The second-order valence-electron chi connectivity index (χ2n) is 4.46. The summed E-state index contributed by atoms with van der Waals surface area (Å²) >= 11 is 0. The van der Waals surface area contributed by atoms with Crippen LogP contribution in [0.3, 0.4) is 0 Å². The highest BCUT2D eigenvalue weighted by molar-refractivity contribution is 5.47. The Labute approximate surface area is 107 Å². The van der Waals surface area contributed by atoms with Gasteiger partial charge in [-0.25, -0.2) is 4.98 Å². The molecule has 3 rings (SSSR count). The molecular formula is C14H16N4. The van der Waals surface area contributed by atoms with Crippen molar-refractivity contribution in [3.63, 3.8) is 0 Å². The van der Waals surface area contributed by atoms with Crippen LogP contribution in [0, 0.1) is 0 Å². The van der Waals surface area contributed by atoms with Crippen LogP contribution in [0.5, 0.6) is 0 Å². The Balaban J connectivity index is 2.02. The molecular weight excluding hydrogens is 224 g/mol.